The van der Waals surface area contributed by atoms with E-state index in [0.29, 0.717) is 12.3 Å². The van der Waals surface area contributed by atoms with Gasteiger partial charge < -0.3 is 8.83 Å². The Morgan fingerprint density at radius 2 is 1.05 bits per heavy atom. The van der Waals surface area contributed by atoms with Gasteiger partial charge in [0.2, 0.25) is 0 Å². The van der Waals surface area contributed by atoms with Gasteiger partial charge >= 0.3 is 0 Å². The van der Waals surface area contributed by atoms with E-state index in [2.05, 4.69) is 164 Å². The molecule has 1 aliphatic rings. The van der Waals surface area contributed by atoms with Crippen LogP contribution in [-0.2, 0) is 0 Å². The Morgan fingerprint density at radius 3 is 1.95 bits per heavy atom. The number of nitrogens with zero attached hydrogens (tertiary/aromatic N) is 2. The molecule has 1 aliphatic heterocycles. The van der Waals surface area contributed by atoms with E-state index in [1.54, 1.807) is 0 Å². The fourth-order valence-electron chi connectivity index (χ4n) is 8.80. The summed E-state index contributed by atoms with van der Waals surface area (Å²) in [4.78, 5) is 10.8. The number of furan rings is 2. The standard InChI is InChI=1S/C53H32N2O2/c1-2-12-34(13-3-1)45-27-28-46(37-21-23-39-35(30-37)19-18-32-10-4-6-14-38(32)39)55-53(54-45)44-26-25-41(52-51(44)42-16-8-9-17-47(42)57-52)36-20-24-43-49(31-36)56-48-29-22-33-11-5-7-15-40(33)50(43)48/h1-26,28-31H,27H2. The topological polar surface area (TPSA) is 51.0 Å². The molecule has 3 heterocycles. The molecule has 4 nitrogen and oxygen atoms in total. The van der Waals surface area contributed by atoms with Gasteiger partial charge in [0, 0.05) is 44.7 Å². The van der Waals surface area contributed by atoms with Crippen LogP contribution in [0.25, 0.3) is 93.0 Å². The lowest BCUT2D eigenvalue weighted by Gasteiger charge is -2.10. The van der Waals surface area contributed by atoms with Crippen LogP contribution in [0, 0.1) is 0 Å². The molecule has 0 atom stereocenters. The number of hydrogen-bond donors (Lipinski definition) is 0. The molecule has 0 aliphatic carbocycles. The van der Waals surface area contributed by atoms with Crippen molar-refractivity contribution in [2.75, 3.05) is 0 Å². The maximum atomic E-state index is 6.79. The van der Waals surface area contributed by atoms with Crippen LogP contribution in [-0.4, -0.2) is 11.5 Å². The minimum absolute atomic E-state index is 0.641. The highest BCUT2D eigenvalue weighted by Gasteiger charge is 2.22. The van der Waals surface area contributed by atoms with Gasteiger partial charge in [0.05, 0.1) is 11.4 Å². The van der Waals surface area contributed by atoms with Crippen molar-refractivity contribution >= 4 is 93.4 Å². The molecule has 12 rings (SSSR count). The predicted molar refractivity (Wildman–Crippen MR) is 238 cm³/mol. The number of hydrogen-bond acceptors (Lipinski definition) is 4. The second-order valence-electron chi connectivity index (χ2n) is 14.8. The maximum Gasteiger partial charge on any atom is 0.160 e. The van der Waals surface area contributed by atoms with Gasteiger partial charge in [-0.3, -0.25) is 0 Å². The van der Waals surface area contributed by atoms with E-state index in [-0.39, 0.29) is 0 Å². The zero-order valence-corrected chi connectivity index (χ0v) is 30.7. The van der Waals surface area contributed by atoms with E-state index in [1.807, 2.05) is 18.2 Å². The van der Waals surface area contributed by atoms with Crippen LogP contribution >= 0.6 is 0 Å². The van der Waals surface area contributed by atoms with E-state index in [1.165, 1.54) is 32.3 Å². The number of allylic oxidation sites excluding steroid dienone is 1. The van der Waals surface area contributed by atoms with Gasteiger partial charge in [0.25, 0.3) is 0 Å². The van der Waals surface area contributed by atoms with Crippen molar-refractivity contribution in [2.24, 2.45) is 9.98 Å². The van der Waals surface area contributed by atoms with Crippen LogP contribution in [0.4, 0.5) is 0 Å². The van der Waals surface area contributed by atoms with Gasteiger partial charge in [-0.05, 0) is 85.9 Å². The van der Waals surface area contributed by atoms with E-state index in [9.17, 15) is 0 Å². The van der Waals surface area contributed by atoms with Crippen LogP contribution in [0.2, 0.25) is 0 Å². The SMILES string of the molecule is C1=C(c2ccc3c(ccc4ccccc43)c2)N=C(c2ccc(-c3ccc4c(c3)oc3ccc5ccccc5c34)c3oc4ccccc4c23)N=C(c2ccccc2)C1. The first-order chi connectivity index (χ1) is 28.2. The van der Waals surface area contributed by atoms with Crippen molar-refractivity contribution in [3.8, 4) is 11.1 Å². The molecule has 266 valence electrons. The quantitative estimate of drug-likeness (QED) is 0.169. The van der Waals surface area contributed by atoms with Gasteiger partial charge in [-0.25, -0.2) is 9.98 Å². The number of fused-ring (bicyclic) bond motifs is 11. The van der Waals surface area contributed by atoms with Gasteiger partial charge in [-0.1, -0.05) is 140 Å². The minimum atomic E-state index is 0.641. The number of amidine groups is 1. The molecule has 0 saturated carbocycles. The summed E-state index contributed by atoms with van der Waals surface area (Å²) in [6.45, 7) is 0. The van der Waals surface area contributed by atoms with Crippen molar-refractivity contribution in [1.29, 1.82) is 0 Å². The summed E-state index contributed by atoms with van der Waals surface area (Å²) in [5.41, 5.74) is 10.2. The lowest BCUT2D eigenvalue weighted by molar-refractivity contribution is 0.668. The van der Waals surface area contributed by atoms with Crippen LogP contribution in [0.15, 0.2) is 201 Å². The molecule has 0 unspecified atom stereocenters. The van der Waals surface area contributed by atoms with Gasteiger partial charge in [-0.15, -0.1) is 0 Å². The third kappa shape index (κ3) is 5.08. The monoisotopic (exact) mass is 728 g/mol. The van der Waals surface area contributed by atoms with Gasteiger partial charge in [-0.2, -0.15) is 0 Å². The fraction of sp³-hybridized carbons (Fsp3) is 0.0189. The molecule has 0 amide bonds. The number of aliphatic imine (C=N–C) groups is 2. The Balaban J connectivity index is 1.06. The Bertz CT molecular complexity index is 3550. The molecule has 0 spiro atoms. The van der Waals surface area contributed by atoms with Crippen LogP contribution in [0.5, 0.6) is 0 Å². The Labute approximate surface area is 327 Å². The first-order valence-electron chi connectivity index (χ1n) is 19.4. The highest BCUT2D eigenvalue weighted by Crippen LogP contribution is 2.42. The predicted octanol–water partition coefficient (Wildman–Crippen LogP) is 14.3. The fourth-order valence-corrected chi connectivity index (χ4v) is 8.80. The molecule has 0 bridgehead atoms. The second kappa shape index (κ2) is 12.5. The summed E-state index contributed by atoms with van der Waals surface area (Å²) in [5, 5.41) is 11.5. The molecule has 0 N–H and O–H groups in total. The Hall–Kier alpha value is -7.56. The van der Waals surface area contributed by atoms with Crippen LogP contribution in [0.3, 0.4) is 0 Å². The first kappa shape index (κ1) is 31.8. The van der Waals surface area contributed by atoms with Crippen molar-refractivity contribution in [2.45, 2.75) is 6.42 Å². The molecule has 0 saturated heterocycles. The van der Waals surface area contributed by atoms with E-state index >= 15 is 0 Å². The number of rotatable bonds is 4. The largest absolute Gasteiger partial charge is 0.456 e. The minimum Gasteiger partial charge on any atom is -0.456 e. The average Bonchev–Trinajstić information content (AvgIpc) is 3.77. The van der Waals surface area contributed by atoms with E-state index < -0.39 is 0 Å². The summed E-state index contributed by atoms with van der Waals surface area (Å²) in [5.74, 6) is 0.652. The van der Waals surface area contributed by atoms with Gasteiger partial charge in [0.15, 0.2) is 5.84 Å². The van der Waals surface area contributed by atoms with Crippen molar-refractivity contribution < 1.29 is 8.83 Å². The zero-order chi connectivity index (χ0) is 37.5. The summed E-state index contributed by atoms with van der Waals surface area (Å²) in [7, 11) is 0. The molecular formula is C53H32N2O2. The van der Waals surface area contributed by atoms with E-state index in [0.717, 1.165) is 83.1 Å². The van der Waals surface area contributed by atoms with Crippen molar-refractivity contribution in [3.63, 3.8) is 0 Å². The highest BCUT2D eigenvalue weighted by atomic mass is 16.3. The van der Waals surface area contributed by atoms with E-state index in [4.69, 9.17) is 18.8 Å². The number of benzene rings is 9. The third-order valence-electron chi connectivity index (χ3n) is 11.5. The van der Waals surface area contributed by atoms with Crippen LogP contribution < -0.4 is 0 Å². The lowest BCUT2D eigenvalue weighted by Crippen LogP contribution is -2.05. The summed E-state index contributed by atoms with van der Waals surface area (Å²) >= 11 is 0. The summed E-state index contributed by atoms with van der Waals surface area (Å²) in [6, 6.07) is 61.8. The van der Waals surface area contributed by atoms with Crippen LogP contribution in [0.1, 0.15) is 23.1 Å². The van der Waals surface area contributed by atoms with Crippen molar-refractivity contribution in [3.05, 3.63) is 199 Å². The third-order valence-corrected chi connectivity index (χ3v) is 11.5. The van der Waals surface area contributed by atoms with Gasteiger partial charge in [0.1, 0.15) is 22.3 Å². The lowest BCUT2D eigenvalue weighted by atomic mass is 9.96. The van der Waals surface area contributed by atoms with Crippen molar-refractivity contribution in [1.82, 2.24) is 0 Å². The average molecular weight is 729 g/mol. The summed E-state index contributed by atoms with van der Waals surface area (Å²) in [6.07, 6.45) is 2.86. The normalized spacial score (nSPS) is 13.5. The first-order valence-corrected chi connectivity index (χ1v) is 19.4. The highest BCUT2D eigenvalue weighted by molar-refractivity contribution is 6.25. The Kier molecular flexibility index (Phi) is 6.96. The molecule has 9 aromatic carbocycles. The second-order valence-corrected chi connectivity index (χ2v) is 14.8. The molecule has 11 aromatic rings. The Morgan fingerprint density at radius 1 is 0.386 bits per heavy atom. The molecule has 0 fully saturated rings. The molecule has 4 heteroatoms. The zero-order valence-electron chi connectivity index (χ0n) is 30.7. The molecule has 0 radical (unpaired) electrons. The molecule has 2 aromatic heterocycles. The maximum absolute atomic E-state index is 6.79. The summed E-state index contributed by atoms with van der Waals surface area (Å²) < 4.78 is 13.3. The number of para-hydroxylation sites is 1. The smallest absolute Gasteiger partial charge is 0.160 e. The molecule has 57 heavy (non-hydrogen) atoms. The molecular weight excluding hydrogens is 697 g/mol.